The molecule has 2 unspecified atom stereocenters. The number of aromatic nitrogens is 1. The third-order valence-electron chi connectivity index (χ3n) is 4.86. The van der Waals surface area contributed by atoms with Crippen LogP contribution in [-0.2, 0) is 6.42 Å². The van der Waals surface area contributed by atoms with Gasteiger partial charge in [-0.3, -0.25) is 4.90 Å². The van der Waals surface area contributed by atoms with Crippen LogP contribution in [0, 0.1) is 0 Å². The molecule has 5 heteroatoms. The summed E-state index contributed by atoms with van der Waals surface area (Å²) in [5.41, 5.74) is 2.27. The number of urea groups is 1. The lowest BCUT2D eigenvalue weighted by Crippen LogP contribution is -2.50. The molecular formula is C18H18ClN3O. The number of hydrogen-bond acceptors (Lipinski definition) is 2. The fourth-order valence-corrected chi connectivity index (χ4v) is 3.74. The van der Waals surface area contributed by atoms with Gasteiger partial charge in [-0.05, 0) is 42.5 Å². The Bertz CT molecular complexity index is 749. The van der Waals surface area contributed by atoms with Gasteiger partial charge < -0.3 is 5.32 Å². The molecular weight excluding hydrogens is 310 g/mol. The lowest BCUT2D eigenvalue weighted by Gasteiger charge is -2.38. The van der Waals surface area contributed by atoms with Crippen molar-refractivity contribution in [2.75, 3.05) is 11.4 Å². The van der Waals surface area contributed by atoms with Crippen molar-refractivity contribution in [3.8, 4) is 0 Å². The van der Waals surface area contributed by atoms with Crippen molar-refractivity contribution in [1.29, 1.82) is 0 Å². The zero-order valence-electron chi connectivity index (χ0n) is 12.7. The smallest absolute Gasteiger partial charge is 0.323 e. The molecule has 2 aromatic rings. The lowest BCUT2D eigenvalue weighted by molar-refractivity contribution is 0.226. The first-order valence-corrected chi connectivity index (χ1v) is 8.38. The summed E-state index contributed by atoms with van der Waals surface area (Å²) in [5.74, 6) is 1.09. The summed E-state index contributed by atoms with van der Waals surface area (Å²) in [6, 6.07) is 11.9. The number of pyridine rings is 1. The van der Waals surface area contributed by atoms with Crippen molar-refractivity contribution in [3.05, 3.63) is 58.7 Å². The molecule has 118 valence electrons. The normalized spacial score (nSPS) is 22.4. The van der Waals surface area contributed by atoms with Crippen LogP contribution in [0.4, 0.5) is 10.6 Å². The number of hydrogen-bond donors (Lipinski definition) is 1. The fraction of sp³-hybridized carbons (Fsp3) is 0.333. The number of fused-ring (bicyclic) bond motifs is 1. The number of halogens is 1. The monoisotopic (exact) mass is 327 g/mol. The van der Waals surface area contributed by atoms with E-state index < -0.39 is 0 Å². The second-order valence-electron chi connectivity index (χ2n) is 6.15. The summed E-state index contributed by atoms with van der Waals surface area (Å²) in [5, 5.41) is 3.95. The molecule has 1 aromatic heterocycles. The van der Waals surface area contributed by atoms with Crippen LogP contribution in [-0.4, -0.2) is 23.6 Å². The van der Waals surface area contributed by atoms with Gasteiger partial charge in [0, 0.05) is 29.7 Å². The van der Waals surface area contributed by atoms with E-state index in [4.69, 9.17) is 11.6 Å². The third kappa shape index (κ3) is 2.57. The van der Waals surface area contributed by atoms with Crippen LogP contribution in [0.5, 0.6) is 0 Å². The van der Waals surface area contributed by atoms with E-state index in [1.165, 1.54) is 0 Å². The average Bonchev–Trinajstić information content (AvgIpc) is 2.97. The number of amides is 2. The van der Waals surface area contributed by atoms with Gasteiger partial charge in [0.2, 0.25) is 0 Å². The Hall–Kier alpha value is -2.07. The first-order chi connectivity index (χ1) is 11.2. The number of anilines is 1. The minimum atomic E-state index is -0.0517. The Morgan fingerprint density at radius 3 is 2.87 bits per heavy atom. The molecule has 0 radical (unpaired) electrons. The van der Waals surface area contributed by atoms with Crippen LogP contribution in [0.3, 0.4) is 0 Å². The predicted octanol–water partition coefficient (Wildman–Crippen LogP) is 3.75. The molecule has 2 heterocycles. The minimum absolute atomic E-state index is 0.0517. The molecule has 0 bridgehead atoms. The zero-order valence-corrected chi connectivity index (χ0v) is 13.5. The van der Waals surface area contributed by atoms with Gasteiger partial charge in [0.1, 0.15) is 5.82 Å². The molecule has 4 nitrogen and oxygen atoms in total. The molecule has 1 N–H and O–H groups in total. The topological polar surface area (TPSA) is 45.2 Å². The first kappa shape index (κ1) is 14.5. The quantitative estimate of drug-likeness (QED) is 0.913. The molecule has 1 aliphatic carbocycles. The van der Waals surface area contributed by atoms with Gasteiger partial charge in [-0.2, -0.15) is 0 Å². The first-order valence-electron chi connectivity index (χ1n) is 8.00. The van der Waals surface area contributed by atoms with Crippen LogP contribution in [0.25, 0.3) is 0 Å². The van der Waals surface area contributed by atoms with Crippen LogP contribution < -0.4 is 10.2 Å². The highest BCUT2D eigenvalue weighted by atomic mass is 35.5. The maximum atomic E-state index is 12.6. The standard InChI is InChI=1S/C18H18ClN3O/c19-15-6-2-1-5-13(15)14-7-8-16(14)21-18(23)22-11-9-12-4-3-10-20-17(12)22/h1-6,10,14,16H,7-9,11H2,(H,21,23). The van der Waals surface area contributed by atoms with E-state index in [-0.39, 0.29) is 12.1 Å². The number of benzene rings is 1. The van der Waals surface area contributed by atoms with Crippen molar-refractivity contribution in [3.63, 3.8) is 0 Å². The summed E-state index contributed by atoms with van der Waals surface area (Å²) in [7, 11) is 0. The molecule has 2 amide bonds. The van der Waals surface area contributed by atoms with Crippen LogP contribution in [0.1, 0.15) is 29.9 Å². The number of rotatable bonds is 2. The van der Waals surface area contributed by atoms with Crippen molar-refractivity contribution in [2.24, 2.45) is 0 Å². The second-order valence-corrected chi connectivity index (χ2v) is 6.56. The zero-order chi connectivity index (χ0) is 15.8. The van der Waals surface area contributed by atoms with E-state index >= 15 is 0 Å². The molecule has 23 heavy (non-hydrogen) atoms. The average molecular weight is 328 g/mol. The molecule has 2 aliphatic rings. The number of nitrogens with zero attached hydrogens (tertiary/aromatic N) is 2. The SMILES string of the molecule is O=C(NC1CCC1c1ccccc1Cl)N1CCc2cccnc21. The molecule has 1 aliphatic heterocycles. The Labute approximate surface area is 140 Å². The Kier molecular flexibility index (Phi) is 3.69. The highest BCUT2D eigenvalue weighted by Crippen LogP contribution is 2.40. The molecule has 4 rings (SSSR count). The molecule has 1 saturated carbocycles. The van der Waals surface area contributed by atoms with E-state index in [2.05, 4.69) is 16.4 Å². The molecule has 0 saturated heterocycles. The van der Waals surface area contributed by atoms with Crippen LogP contribution in [0.2, 0.25) is 5.02 Å². The van der Waals surface area contributed by atoms with Crippen LogP contribution in [0.15, 0.2) is 42.6 Å². The third-order valence-corrected chi connectivity index (χ3v) is 5.21. The van der Waals surface area contributed by atoms with Crippen molar-refractivity contribution >= 4 is 23.4 Å². The summed E-state index contributed by atoms with van der Waals surface area (Å²) in [6.45, 7) is 0.696. The molecule has 2 atom stereocenters. The Morgan fingerprint density at radius 2 is 2.09 bits per heavy atom. The number of carbonyl (C=O) groups is 1. The minimum Gasteiger partial charge on any atom is -0.334 e. The number of carbonyl (C=O) groups excluding carboxylic acids is 1. The molecule has 1 aromatic carbocycles. The van der Waals surface area contributed by atoms with E-state index in [1.54, 1.807) is 11.1 Å². The van der Waals surface area contributed by atoms with E-state index in [0.29, 0.717) is 12.5 Å². The maximum absolute atomic E-state index is 12.6. The van der Waals surface area contributed by atoms with Gasteiger partial charge in [0.15, 0.2) is 0 Å². The van der Waals surface area contributed by atoms with Gasteiger partial charge >= 0.3 is 6.03 Å². The molecule has 0 spiro atoms. The van der Waals surface area contributed by atoms with E-state index in [0.717, 1.165) is 41.2 Å². The maximum Gasteiger partial charge on any atom is 0.323 e. The summed E-state index contributed by atoms with van der Waals surface area (Å²) >= 11 is 6.29. The summed E-state index contributed by atoms with van der Waals surface area (Å²) in [4.78, 5) is 18.7. The fourth-order valence-electron chi connectivity index (χ4n) is 3.46. The van der Waals surface area contributed by atoms with Crippen molar-refractivity contribution < 1.29 is 4.79 Å². The van der Waals surface area contributed by atoms with E-state index in [9.17, 15) is 4.79 Å². The Morgan fingerprint density at radius 1 is 1.22 bits per heavy atom. The van der Waals surface area contributed by atoms with Gasteiger partial charge in [0.05, 0.1) is 0 Å². The highest BCUT2D eigenvalue weighted by molar-refractivity contribution is 6.31. The van der Waals surface area contributed by atoms with Crippen LogP contribution >= 0.6 is 11.6 Å². The van der Waals surface area contributed by atoms with Gasteiger partial charge in [-0.1, -0.05) is 35.9 Å². The largest absolute Gasteiger partial charge is 0.334 e. The lowest BCUT2D eigenvalue weighted by atomic mass is 9.75. The summed E-state index contributed by atoms with van der Waals surface area (Å²) in [6.07, 6.45) is 4.66. The summed E-state index contributed by atoms with van der Waals surface area (Å²) < 4.78 is 0. The Balaban J connectivity index is 1.47. The van der Waals surface area contributed by atoms with Crippen molar-refractivity contribution in [1.82, 2.24) is 10.3 Å². The van der Waals surface area contributed by atoms with Crippen molar-refractivity contribution in [2.45, 2.75) is 31.2 Å². The predicted molar refractivity (Wildman–Crippen MR) is 91.0 cm³/mol. The van der Waals surface area contributed by atoms with E-state index in [1.807, 2.05) is 30.3 Å². The second kappa shape index (κ2) is 5.85. The molecule has 1 fully saturated rings. The highest BCUT2D eigenvalue weighted by Gasteiger charge is 2.36. The number of nitrogens with one attached hydrogen (secondary N) is 1. The van der Waals surface area contributed by atoms with Gasteiger partial charge in [-0.15, -0.1) is 0 Å². The van der Waals surface area contributed by atoms with Gasteiger partial charge in [0.25, 0.3) is 0 Å². The van der Waals surface area contributed by atoms with Gasteiger partial charge in [-0.25, -0.2) is 9.78 Å².